The van der Waals surface area contributed by atoms with Gasteiger partial charge < -0.3 is 10.1 Å². The predicted octanol–water partition coefficient (Wildman–Crippen LogP) is -0.496. The highest BCUT2D eigenvalue weighted by molar-refractivity contribution is 4.97. The molecule has 5 nitrogen and oxygen atoms in total. The van der Waals surface area contributed by atoms with Crippen molar-refractivity contribution < 1.29 is 4.74 Å². The topological polar surface area (TPSA) is 51.5 Å². The van der Waals surface area contributed by atoms with Gasteiger partial charge in [-0.2, -0.15) is 5.26 Å². The van der Waals surface area contributed by atoms with Crippen LogP contribution in [0.1, 0.15) is 6.92 Å². The minimum Gasteiger partial charge on any atom is -0.374 e. The molecule has 17 heavy (non-hydrogen) atoms. The molecule has 0 saturated carbocycles. The van der Waals surface area contributed by atoms with Gasteiger partial charge in [0.15, 0.2) is 0 Å². The van der Waals surface area contributed by atoms with Crippen LogP contribution in [0.2, 0.25) is 0 Å². The molecule has 2 saturated heterocycles. The molecular formula is C12H22N4O. The van der Waals surface area contributed by atoms with Crippen LogP contribution in [-0.2, 0) is 4.74 Å². The lowest BCUT2D eigenvalue weighted by Gasteiger charge is -2.38. The Bertz CT molecular complexity index is 278. The first-order chi connectivity index (χ1) is 8.33. The normalized spacial score (nSPS) is 32.2. The molecule has 2 heterocycles. The zero-order valence-electron chi connectivity index (χ0n) is 10.6. The molecule has 2 aliphatic heterocycles. The number of nitriles is 1. The lowest BCUT2D eigenvalue weighted by atomic mass is 10.1. The first-order valence-electron chi connectivity index (χ1n) is 6.51. The summed E-state index contributed by atoms with van der Waals surface area (Å²) in [4.78, 5) is 4.66. The second-order valence-electron chi connectivity index (χ2n) is 4.73. The van der Waals surface area contributed by atoms with Gasteiger partial charge in [0, 0.05) is 39.3 Å². The molecule has 0 aromatic carbocycles. The number of rotatable bonds is 3. The molecule has 0 aliphatic carbocycles. The molecule has 0 radical (unpaired) electrons. The van der Waals surface area contributed by atoms with Crippen molar-refractivity contribution in [3.63, 3.8) is 0 Å². The van der Waals surface area contributed by atoms with Crippen LogP contribution >= 0.6 is 0 Å². The summed E-state index contributed by atoms with van der Waals surface area (Å²) < 4.78 is 5.79. The van der Waals surface area contributed by atoms with Crippen LogP contribution in [0, 0.1) is 11.3 Å². The Balaban J connectivity index is 1.84. The van der Waals surface area contributed by atoms with Crippen molar-refractivity contribution in [2.24, 2.45) is 0 Å². The molecule has 2 atom stereocenters. The largest absolute Gasteiger partial charge is 0.374 e. The Morgan fingerprint density at radius 2 is 2.35 bits per heavy atom. The minimum absolute atomic E-state index is 0.00403. The molecule has 0 aromatic rings. The van der Waals surface area contributed by atoms with E-state index in [4.69, 9.17) is 10.00 Å². The van der Waals surface area contributed by atoms with Crippen LogP contribution < -0.4 is 5.32 Å². The number of nitrogens with one attached hydrogen (secondary N) is 1. The summed E-state index contributed by atoms with van der Waals surface area (Å²) in [6.45, 7) is 9.72. The van der Waals surface area contributed by atoms with Gasteiger partial charge in [-0.05, 0) is 6.54 Å². The van der Waals surface area contributed by atoms with Gasteiger partial charge in [0.25, 0.3) is 0 Å². The molecule has 2 rings (SSSR count). The highest BCUT2D eigenvalue weighted by Gasteiger charge is 2.27. The van der Waals surface area contributed by atoms with Crippen molar-refractivity contribution >= 4 is 0 Å². The summed E-state index contributed by atoms with van der Waals surface area (Å²) in [6, 6.07) is 2.37. The molecule has 0 spiro atoms. The van der Waals surface area contributed by atoms with E-state index in [0.29, 0.717) is 0 Å². The van der Waals surface area contributed by atoms with Crippen LogP contribution in [0.15, 0.2) is 0 Å². The third-order valence-electron chi connectivity index (χ3n) is 3.61. The zero-order valence-corrected chi connectivity index (χ0v) is 10.6. The Morgan fingerprint density at radius 3 is 3.12 bits per heavy atom. The van der Waals surface area contributed by atoms with E-state index >= 15 is 0 Å². The average molecular weight is 238 g/mol. The summed E-state index contributed by atoms with van der Waals surface area (Å²) in [5.41, 5.74) is 0. The molecule has 0 aromatic heterocycles. The van der Waals surface area contributed by atoms with Crippen molar-refractivity contribution in [2.45, 2.75) is 19.1 Å². The predicted molar refractivity (Wildman–Crippen MR) is 65.7 cm³/mol. The van der Waals surface area contributed by atoms with Crippen LogP contribution in [0.4, 0.5) is 0 Å². The van der Waals surface area contributed by atoms with Crippen LogP contribution in [0.25, 0.3) is 0 Å². The molecular weight excluding hydrogens is 216 g/mol. The highest BCUT2D eigenvalue weighted by atomic mass is 16.5. The van der Waals surface area contributed by atoms with Crippen molar-refractivity contribution in [3.8, 4) is 6.07 Å². The quantitative estimate of drug-likeness (QED) is 0.719. The van der Waals surface area contributed by atoms with Gasteiger partial charge in [0.05, 0.1) is 18.8 Å². The fourth-order valence-corrected chi connectivity index (χ4v) is 2.53. The summed E-state index contributed by atoms with van der Waals surface area (Å²) in [5, 5.41) is 12.4. The van der Waals surface area contributed by atoms with E-state index in [1.807, 2.05) is 0 Å². The number of ether oxygens (including phenoxy) is 1. The number of piperazine rings is 1. The van der Waals surface area contributed by atoms with Crippen LogP contribution in [-0.4, -0.2) is 74.4 Å². The summed E-state index contributed by atoms with van der Waals surface area (Å²) in [6.07, 6.45) is 0.262. The number of hydrogen-bond donors (Lipinski definition) is 1. The van der Waals surface area contributed by atoms with Gasteiger partial charge in [-0.15, -0.1) is 0 Å². The van der Waals surface area contributed by atoms with E-state index in [-0.39, 0.29) is 12.1 Å². The van der Waals surface area contributed by atoms with E-state index in [1.54, 1.807) is 0 Å². The molecule has 96 valence electrons. The average Bonchev–Trinajstić information content (AvgIpc) is 2.39. The fraction of sp³-hybridized carbons (Fsp3) is 0.917. The summed E-state index contributed by atoms with van der Waals surface area (Å²) in [7, 11) is 0. The second kappa shape index (κ2) is 6.31. The Morgan fingerprint density at radius 1 is 1.47 bits per heavy atom. The van der Waals surface area contributed by atoms with Gasteiger partial charge >= 0.3 is 0 Å². The lowest BCUT2D eigenvalue weighted by Crippen LogP contribution is -2.55. The van der Waals surface area contributed by atoms with Crippen LogP contribution in [0.5, 0.6) is 0 Å². The Hall–Kier alpha value is -0.670. The molecule has 2 aliphatic rings. The van der Waals surface area contributed by atoms with E-state index in [1.165, 1.54) is 0 Å². The Labute approximate surface area is 103 Å². The van der Waals surface area contributed by atoms with Gasteiger partial charge in [-0.3, -0.25) is 9.80 Å². The highest BCUT2D eigenvalue weighted by Crippen LogP contribution is 2.10. The van der Waals surface area contributed by atoms with Crippen molar-refractivity contribution in [3.05, 3.63) is 0 Å². The number of hydrogen-bond acceptors (Lipinski definition) is 5. The van der Waals surface area contributed by atoms with Gasteiger partial charge in [0.2, 0.25) is 0 Å². The third-order valence-corrected chi connectivity index (χ3v) is 3.61. The lowest BCUT2D eigenvalue weighted by molar-refractivity contribution is -0.0462. The van der Waals surface area contributed by atoms with Gasteiger partial charge in [-0.25, -0.2) is 0 Å². The SMILES string of the molecule is CCN1CCOC(CN2CCNCC2C#N)C1. The van der Waals surface area contributed by atoms with Crippen molar-refractivity contribution in [1.82, 2.24) is 15.1 Å². The number of likely N-dealkylation sites (N-methyl/N-ethyl adjacent to an activating group) is 1. The number of morpholine rings is 1. The number of nitrogens with zero attached hydrogens (tertiary/aromatic N) is 3. The summed E-state index contributed by atoms with van der Waals surface area (Å²) in [5.74, 6) is 0. The van der Waals surface area contributed by atoms with E-state index in [2.05, 4.69) is 28.1 Å². The van der Waals surface area contributed by atoms with Gasteiger partial charge in [-0.1, -0.05) is 6.92 Å². The van der Waals surface area contributed by atoms with Crippen molar-refractivity contribution in [2.75, 3.05) is 52.4 Å². The molecule has 0 amide bonds. The van der Waals surface area contributed by atoms with E-state index < -0.39 is 0 Å². The smallest absolute Gasteiger partial charge is 0.110 e. The standard InChI is InChI=1S/C12H22N4O/c1-2-15-5-6-17-12(9-15)10-16-4-3-14-8-11(16)7-13/h11-12,14H,2-6,8-10H2,1H3. The maximum Gasteiger partial charge on any atom is 0.110 e. The first-order valence-corrected chi connectivity index (χ1v) is 6.51. The zero-order chi connectivity index (χ0) is 12.1. The second-order valence-corrected chi connectivity index (χ2v) is 4.73. The fourth-order valence-electron chi connectivity index (χ4n) is 2.53. The van der Waals surface area contributed by atoms with Gasteiger partial charge in [0.1, 0.15) is 6.04 Å². The molecule has 0 bridgehead atoms. The summed E-state index contributed by atoms with van der Waals surface area (Å²) >= 11 is 0. The molecule has 2 unspecified atom stereocenters. The maximum absolute atomic E-state index is 9.11. The minimum atomic E-state index is 0.00403. The van der Waals surface area contributed by atoms with E-state index in [0.717, 1.165) is 52.4 Å². The Kier molecular flexibility index (Phi) is 4.75. The first kappa shape index (κ1) is 12.8. The van der Waals surface area contributed by atoms with E-state index in [9.17, 15) is 0 Å². The molecule has 2 fully saturated rings. The van der Waals surface area contributed by atoms with Crippen LogP contribution in [0.3, 0.4) is 0 Å². The third kappa shape index (κ3) is 3.39. The monoisotopic (exact) mass is 238 g/mol. The van der Waals surface area contributed by atoms with Crippen molar-refractivity contribution in [1.29, 1.82) is 5.26 Å². The molecule has 1 N–H and O–H groups in total. The molecule has 5 heteroatoms. The maximum atomic E-state index is 9.11.